The molecule has 1 amide bonds. The van der Waals surface area contributed by atoms with E-state index in [2.05, 4.69) is 28.8 Å². The summed E-state index contributed by atoms with van der Waals surface area (Å²) in [6.07, 6.45) is 2.01. The van der Waals surface area contributed by atoms with Crippen LogP contribution >= 0.6 is 11.6 Å². The fourth-order valence-corrected chi connectivity index (χ4v) is 5.14. The molecule has 0 spiro atoms. The fraction of sp³-hybridized carbons (Fsp3) is 0.435. The summed E-state index contributed by atoms with van der Waals surface area (Å²) in [5, 5.41) is 8.05. The molecule has 2 aromatic rings. The van der Waals surface area contributed by atoms with E-state index in [1.165, 1.54) is 11.1 Å². The number of carbonyl (C=O) groups is 1. The van der Waals surface area contributed by atoms with Gasteiger partial charge in [0, 0.05) is 47.9 Å². The Morgan fingerprint density at radius 3 is 2.93 bits per heavy atom. The molecular weight excluding hydrogens is 386 g/mol. The Morgan fingerprint density at radius 1 is 1.28 bits per heavy atom. The number of hydrogen-bond donors (Lipinski definition) is 2. The topological polar surface area (TPSA) is 53.6 Å². The highest BCUT2D eigenvalue weighted by Crippen LogP contribution is 2.56. The maximum absolute atomic E-state index is 12.4. The lowest BCUT2D eigenvalue weighted by Gasteiger charge is -2.28. The van der Waals surface area contributed by atoms with Crippen LogP contribution in [0.2, 0.25) is 5.02 Å². The summed E-state index contributed by atoms with van der Waals surface area (Å²) in [5.41, 5.74) is 4.57. The Bertz CT molecular complexity index is 963. The Hall–Kier alpha value is -2.08. The largest absolute Gasteiger partial charge is 0.496 e. The molecule has 3 aliphatic rings. The summed E-state index contributed by atoms with van der Waals surface area (Å²) in [6.45, 7) is 1.66. The molecule has 2 aliphatic heterocycles. The molecule has 2 heterocycles. The van der Waals surface area contributed by atoms with E-state index in [1.807, 2.05) is 30.1 Å². The van der Waals surface area contributed by atoms with Gasteiger partial charge in [-0.25, -0.2) is 0 Å². The van der Waals surface area contributed by atoms with Crippen LogP contribution in [0.3, 0.4) is 0 Å². The van der Waals surface area contributed by atoms with Crippen LogP contribution in [0, 0.1) is 5.92 Å². The molecule has 4 atom stereocenters. The lowest BCUT2D eigenvalue weighted by atomic mass is 9.97. The van der Waals surface area contributed by atoms with Crippen LogP contribution < -0.4 is 20.3 Å². The number of nitrogens with one attached hydrogen (secondary N) is 2. The van der Waals surface area contributed by atoms with Gasteiger partial charge >= 0.3 is 0 Å². The van der Waals surface area contributed by atoms with E-state index in [9.17, 15) is 4.79 Å². The van der Waals surface area contributed by atoms with Gasteiger partial charge in [-0.15, -0.1) is 0 Å². The number of ether oxygens (including phenoxy) is 1. The number of nitrogens with zero attached hydrogens (tertiary/aromatic N) is 1. The van der Waals surface area contributed by atoms with E-state index in [4.69, 9.17) is 16.3 Å². The number of methoxy groups -OCH3 is 1. The molecular formula is C23H26ClN3O2. The van der Waals surface area contributed by atoms with E-state index < -0.39 is 0 Å². The van der Waals surface area contributed by atoms with Gasteiger partial charge in [0.05, 0.1) is 7.11 Å². The third kappa shape index (κ3) is 3.31. The molecule has 29 heavy (non-hydrogen) atoms. The van der Waals surface area contributed by atoms with Gasteiger partial charge in [0.15, 0.2) is 0 Å². The van der Waals surface area contributed by atoms with Crippen LogP contribution in [-0.2, 0) is 11.3 Å². The molecule has 2 fully saturated rings. The number of halogens is 1. The first-order chi connectivity index (χ1) is 14.1. The second-order valence-corrected chi connectivity index (χ2v) is 8.77. The predicted octanol–water partition coefficient (Wildman–Crippen LogP) is 3.62. The minimum Gasteiger partial charge on any atom is -0.496 e. The Labute approximate surface area is 176 Å². The van der Waals surface area contributed by atoms with Gasteiger partial charge in [-0.1, -0.05) is 23.7 Å². The normalized spacial score (nSPS) is 27.6. The zero-order valence-corrected chi connectivity index (χ0v) is 17.5. The van der Waals surface area contributed by atoms with Crippen molar-refractivity contribution in [3.8, 4) is 5.75 Å². The second-order valence-electron chi connectivity index (χ2n) is 8.33. The highest BCUT2D eigenvalue weighted by Gasteiger charge is 2.50. The van der Waals surface area contributed by atoms with Crippen LogP contribution in [0.15, 0.2) is 36.4 Å². The van der Waals surface area contributed by atoms with E-state index in [0.29, 0.717) is 18.5 Å². The Morgan fingerprint density at radius 2 is 2.14 bits per heavy atom. The van der Waals surface area contributed by atoms with Crippen molar-refractivity contribution in [2.45, 2.75) is 37.4 Å². The quantitative estimate of drug-likeness (QED) is 0.789. The van der Waals surface area contributed by atoms with E-state index >= 15 is 0 Å². The molecule has 5 nitrogen and oxygen atoms in total. The van der Waals surface area contributed by atoms with Crippen LogP contribution in [-0.4, -0.2) is 32.7 Å². The minimum atomic E-state index is 0.171. The average Bonchev–Trinajstić information content (AvgIpc) is 3.40. The highest BCUT2D eigenvalue weighted by molar-refractivity contribution is 6.30. The van der Waals surface area contributed by atoms with E-state index in [0.717, 1.165) is 41.4 Å². The number of hydrogen-bond acceptors (Lipinski definition) is 4. The van der Waals surface area contributed by atoms with Gasteiger partial charge in [0.2, 0.25) is 5.91 Å². The fourth-order valence-electron chi connectivity index (χ4n) is 4.94. The Kier molecular flexibility index (Phi) is 4.77. The Balaban J connectivity index is 1.37. The summed E-state index contributed by atoms with van der Waals surface area (Å²) in [4.78, 5) is 14.3. The smallest absolute Gasteiger partial charge is 0.230 e. The summed E-state index contributed by atoms with van der Waals surface area (Å²) >= 11 is 6.19. The molecule has 0 bridgehead atoms. The number of anilines is 1. The molecule has 0 radical (unpaired) electrons. The predicted molar refractivity (Wildman–Crippen MR) is 115 cm³/mol. The molecule has 2 N–H and O–H groups in total. The first-order valence-electron chi connectivity index (χ1n) is 10.3. The van der Waals surface area contributed by atoms with E-state index in [1.54, 1.807) is 7.11 Å². The average molecular weight is 412 g/mol. The zero-order chi connectivity index (χ0) is 20.1. The van der Waals surface area contributed by atoms with Crippen molar-refractivity contribution in [1.82, 2.24) is 10.6 Å². The van der Waals surface area contributed by atoms with Crippen LogP contribution in [0.25, 0.3) is 0 Å². The van der Waals surface area contributed by atoms with Crippen LogP contribution in [0.5, 0.6) is 5.75 Å². The van der Waals surface area contributed by atoms with Crippen molar-refractivity contribution in [3.05, 3.63) is 58.1 Å². The third-order valence-corrected chi connectivity index (χ3v) is 6.85. The van der Waals surface area contributed by atoms with Crippen molar-refractivity contribution in [3.63, 3.8) is 0 Å². The zero-order valence-electron chi connectivity index (χ0n) is 16.7. The number of fused-ring (bicyclic) bond motifs is 3. The van der Waals surface area contributed by atoms with Crippen molar-refractivity contribution in [2.24, 2.45) is 5.92 Å². The molecule has 0 aromatic heterocycles. The van der Waals surface area contributed by atoms with Gasteiger partial charge in [-0.3, -0.25) is 4.79 Å². The van der Waals surface area contributed by atoms with Crippen molar-refractivity contribution < 1.29 is 9.53 Å². The van der Waals surface area contributed by atoms with Gasteiger partial charge in [-0.2, -0.15) is 0 Å². The van der Waals surface area contributed by atoms with Gasteiger partial charge < -0.3 is 20.3 Å². The number of rotatable bonds is 5. The van der Waals surface area contributed by atoms with E-state index in [-0.39, 0.29) is 17.9 Å². The van der Waals surface area contributed by atoms with Gasteiger partial charge in [-0.05, 0) is 60.7 Å². The second kappa shape index (κ2) is 7.31. The lowest BCUT2D eigenvalue weighted by Crippen LogP contribution is -2.34. The maximum atomic E-state index is 12.4. The van der Waals surface area contributed by atoms with Gasteiger partial charge in [0.1, 0.15) is 5.75 Å². The number of carbonyl (C=O) groups excluding carboxylic acids is 1. The lowest BCUT2D eigenvalue weighted by molar-refractivity contribution is -0.119. The van der Waals surface area contributed by atoms with Crippen LogP contribution in [0.4, 0.5) is 5.69 Å². The molecule has 1 aliphatic carbocycles. The molecule has 1 saturated heterocycles. The standard InChI is InChI=1S/C23H26ClN3O2/c1-27-20-9-14(21(29-2)11-17(20)16-10-18(16)23(27)28)12-26-19-6-7-25-22(19)13-4-3-5-15(24)8-13/h3-5,8-9,11,16,18-19,22,25-26H,6-7,10,12H2,1-2H3/t16-,18-,19+,22+/m1/s1. The van der Waals surface area contributed by atoms with Crippen LogP contribution in [0.1, 0.15) is 41.5 Å². The van der Waals surface area contributed by atoms with Crippen molar-refractivity contribution in [2.75, 3.05) is 25.6 Å². The van der Waals surface area contributed by atoms with Crippen molar-refractivity contribution in [1.29, 1.82) is 0 Å². The minimum absolute atomic E-state index is 0.171. The summed E-state index contributed by atoms with van der Waals surface area (Å²) in [6, 6.07) is 12.9. The highest BCUT2D eigenvalue weighted by atomic mass is 35.5. The summed E-state index contributed by atoms with van der Waals surface area (Å²) in [7, 11) is 3.61. The monoisotopic (exact) mass is 411 g/mol. The molecule has 6 heteroatoms. The molecule has 2 aromatic carbocycles. The van der Waals surface area contributed by atoms with Crippen molar-refractivity contribution >= 4 is 23.2 Å². The third-order valence-electron chi connectivity index (χ3n) is 6.61. The first kappa shape index (κ1) is 18.9. The first-order valence-corrected chi connectivity index (χ1v) is 10.6. The van der Waals surface area contributed by atoms with Gasteiger partial charge in [0.25, 0.3) is 0 Å². The molecule has 0 unspecified atom stereocenters. The number of amides is 1. The molecule has 152 valence electrons. The maximum Gasteiger partial charge on any atom is 0.230 e. The summed E-state index contributed by atoms with van der Waals surface area (Å²) < 4.78 is 5.71. The SMILES string of the molecule is COc1cc2c(cc1CN[C@H]1CCN[C@H]1c1cccc(Cl)c1)N(C)C(=O)[C@@H]1C[C@H]21. The summed E-state index contributed by atoms with van der Waals surface area (Å²) in [5.74, 6) is 1.68. The molecule has 5 rings (SSSR count). The molecule has 1 saturated carbocycles. The number of benzene rings is 2.